The fourth-order valence-corrected chi connectivity index (χ4v) is 2.15. The first-order valence-electron chi connectivity index (χ1n) is 6.19. The molecule has 0 aliphatic carbocycles. The molecule has 0 bridgehead atoms. The Bertz CT molecular complexity index is 550. The Hall–Kier alpha value is -2.03. The molecule has 0 radical (unpaired) electrons. The predicted molar refractivity (Wildman–Crippen MR) is 70.7 cm³/mol. The van der Waals surface area contributed by atoms with Crippen LogP contribution in [0.3, 0.4) is 0 Å². The van der Waals surface area contributed by atoms with Gasteiger partial charge in [-0.1, -0.05) is 32.0 Å². The minimum Gasteiger partial charge on any atom is -0.287 e. The summed E-state index contributed by atoms with van der Waals surface area (Å²) >= 11 is 0. The van der Waals surface area contributed by atoms with E-state index in [-0.39, 0.29) is 5.78 Å². The third kappa shape index (κ3) is 2.30. The third-order valence-corrected chi connectivity index (χ3v) is 3.05. The highest BCUT2D eigenvalue weighted by Crippen LogP contribution is 2.19. The van der Waals surface area contributed by atoms with E-state index in [1.165, 1.54) is 11.8 Å². The summed E-state index contributed by atoms with van der Waals surface area (Å²) in [5.74, 6) is -0.0461. The summed E-state index contributed by atoms with van der Waals surface area (Å²) in [6, 6.07) is 5.88. The lowest BCUT2D eigenvalue weighted by atomic mass is 9.94. The van der Waals surface area contributed by atoms with Gasteiger partial charge in [0.1, 0.15) is 5.69 Å². The third-order valence-electron chi connectivity index (χ3n) is 3.05. The van der Waals surface area contributed by atoms with Crippen LogP contribution in [0.5, 0.6) is 0 Å². The van der Waals surface area contributed by atoms with Gasteiger partial charge in [-0.15, -0.1) is 0 Å². The van der Waals surface area contributed by atoms with Crippen LogP contribution in [0.25, 0.3) is 0 Å². The number of ketones is 1. The van der Waals surface area contributed by atoms with Crippen LogP contribution in [0.4, 0.5) is 0 Å². The van der Waals surface area contributed by atoms with Crippen LogP contribution >= 0.6 is 0 Å². The highest BCUT2D eigenvalue weighted by molar-refractivity contribution is 6.08. The standard InChI is InChI=1S/C15H16N2O/c1-3-11-6-5-7-13(12(11)4-2)15(18)14-10-16-8-9-17-14/h5-10H,3-4H2,1-2H3. The maximum atomic E-state index is 12.4. The first-order chi connectivity index (χ1) is 8.77. The Kier molecular flexibility index (Phi) is 3.82. The van der Waals surface area contributed by atoms with Crippen molar-refractivity contribution in [1.29, 1.82) is 0 Å². The number of carbonyl (C=O) groups excluding carboxylic acids is 1. The number of aromatic nitrogens is 2. The second-order valence-corrected chi connectivity index (χ2v) is 4.07. The topological polar surface area (TPSA) is 42.9 Å². The molecule has 0 N–H and O–H groups in total. The lowest BCUT2D eigenvalue weighted by molar-refractivity contribution is 0.103. The summed E-state index contributed by atoms with van der Waals surface area (Å²) in [5, 5.41) is 0. The lowest BCUT2D eigenvalue weighted by Gasteiger charge is -2.11. The molecular formula is C15H16N2O. The largest absolute Gasteiger partial charge is 0.287 e. The fourth-order valence-electron chi connectivity index (χ4n) is 2.15. The maximum Gasteiger partial charge on any atom is 0.213 e. The number of rotatable bonds is 4. The van der Waals surface area contributed by atoms with E-state index in [0.29, 0.717) is 5.69 Å². The van der Waals surface area contributed by atoms with Gasteiger partial charge in [0.05, 0.1) is 6.20 Å². The van der Waals surface area contributed by atoms with E-state index in [9.17, 15) is 4.79 Å². The van der Waals surface area contributed by atoms with Gasteiger partial charge in [-0.05, 0) is 24.0 Å². The minimum atomic E-state index is -0.0461. The summed E-state index contributed by atoms with van der Waals surface area (Å²) in [7, 11) is 0. The molecule has 0 aliphatic rings. The molecule has 0 atom stereocenters. The molecule has 0 saturated carbocycles. The van der Waals surface area contributed by atoms with Crippen molar-refractivity contribution in [2.75, 3.05) is 0 Å². The molecule has 0 fully saturated rings. The van der Waals surface area contributed by atoms with Crippen LogP contribution in [-0.2, 0) is 12.8 Å². The molecule has 2 rings (SSSR count). The quantitative estimate of drug-likeness (QED) is 0.772. The lowest BCUT2D eigenvalue weighted by Crippen LogP contribution is -2.09. The first kappa shape index (κ1) is 12.4. The molecule has 1 aromatic carbocycles. The molecule has 1 heterocycles. The molecule has 0 aliphatic heterocycles. The van der Waals surface area contributed by atoms with Crippen molar-refractivity contribution in [3.05, 3.63) is 59.2 Å². The van der Waals surface area contributed by atoms with Crippen molar-refractivity contribution >= 4 is 5.78 Å². The van der Waals surface area contributed by atoms with E-state index in [4.69, 9.17) is 0 Å². The van der Waals surface area contributed by atoms with Crippen molar-refractivity contribution in [2.45, 2.75) is 26.7 Å². The summed E-state index contributed by atoms with van der Waals surface area (Å²) < 4.78 is 0. The molecule has 2 aromatic rings. The summed E-state index contributed by atoms with van der Waals surface area (Å²) in [6.45, 7) is 4.17. The van der Waals surface area contributed by atoms with E-state index in [1.807, 2.05) is 12.1 Å². The van der Waals surface area contributed by atoms with E-state index < -0.39 is 0 Å². The number of hydrogen-bond acceptors (Lipinski definition) is 3. The zero-order chi connectivity index (χ0) is 13.0. The number of benzene rings is 1. The maximum absolute atomic E-state index is 12.4. The van der Waals surface area contributed by atoms with E-state index >= 15 is 0 Å². The van der Waals surface area contributed by atoms with Crippen LogP contribution in [-0.4, -0.2) is 15.8 Å². The van der Waals surface area contributed by atoms with Crippen molar-refractivity contribution in [3.8, 4) is 0 Å². The van der Waals surface area contributed by atoms with Crippen LogP contribution in [0, 0.1) is 0 Å². The number of hydrogen-bond donors (Lipinski definition) is 0. The number of nitrogens with zero attached hydrogens (tertiary/aromatic N) is 2. The van der Waals surface area contributed by atoms with E-state index in [0.717, 1.165) is 24.0 Å². The van der Waals surface area contributed by atoms with Crippen LogP contribution in [0.1, 0.15) is 41.0 Å². The van der Waals surface area contributed by atoms with Crippen molar-refractivity contribution < 1.29 is 4.79 Å². The predicted octanol–water partition coefficient (Wildman–Crippen LogP) is 2.83. The highest BCUT2D eigenvalue weighted by atomic mass is 16.1. The molecule has 3 heteroatoms. The second-order valence-electron chi connectivity index (χ2n) is 4.07. The fraction of sp³-hybridized carbons (Fsp3) is 0.267. The van der Waals surface area contributed by atoms with Gasteiger partial charge in [0, 0.05) is 18.0 Å². The van der Waals surface area contributed by atoms with Crippen LogP contribution in [0.15, 0.2) is 36.8 Å². The Labute approximate surface area is 107 Å². The molecule has 0 amide bonds. The molecule has 0 spiro atoms. The van der Waals surface area contributed by atoms with E-state index in [1.54, 1.807) is 12.4 Å². The van der Waals surface area contributed by atoms with Gasteiger partial charge in [0.15, 0.2) is 0 Å². The van der Waals surface area contributed by atoms with Crippen molar-refractivity contribution in [1.82, 2.24) is 9.97 Å². The molecule has 0 saturated heterocycles. The Morgan fingerprint density at radius 3 is 2.61 bits per heavy atom. The molecule has 0 unspecified atom stereocenters. The summed E-state index contributed by atoms with van der Waals surface area (Å²) in [6.07, 6.45) is 6.42. The van der Waals surface area contributed by atoms with Crippen molar-refractivity contribution in [3.63, 3.8) is 0 Å². The van der Waals surface area contributed by atoms with Gasteiger partial charge >= 0.3 is 0 Å². The van der Waals surface area contributed by atoms with Gasteiger partial charge < -0.3 is 0 Å². The number of aryl methyl sites for hydroxylation is 1. The van der Waals surface area contributed by atoms with Crippen LogP contribution in [0.2, 0.25) is 0 Å². The van der Waals surface area contributed by atoms with Crippen molar-refractivity contribution in [2.24, 2.45) is 0 Å². The monoisotopic (exact) mass is 240 g/mol. The Morgan fingerprint density at radius 2 is 2.00 bits per heavy atom. The average molecular weight is 240 g/mol. The Balaban J connectivity index is 2.48. The molecule has 18 heavy (non-hydrogen) atoms. The van der Waals surface area contributed by atoms with E-state index in [2.05, 4.69) is 29.9 Å². The zero-order valence-corrected chi connectivity index (χ0v) is 10.7. The first-order valence-corrected chi connectivity index (χ1v) is 6.19. The minimum absolute atomic E-state index is 0.0461. The van der Waals surface area contributed by atoms with Gasteiger partial charge in [-0.3, -0.25) is 9.78 Å². The molecule has 1 aromatic heterocycles. The van der Waals surface area contributed by atoms with Gasteiger partial charge in [0.2, 0.25) is 5.78 Å². The number of carbonyl (C=O) groups is 1. The van der Waals surface area contributed by atoms with Gasteiger partial charge in [-0.25, -0.2) is 4.98 Å². The van der Waals surface area contributed by atoms with Crippen LogP contribution < -0.4 is 0 Å². The molecule has 3 nitrogen and oxygen atoms in total. The van der Waals surface area contributed by atoms with Gasteiger partial charge in [0.25, 0.3) is 0 Å². The van der Waals surface area contributed by atoms with Gasteiger partial charge in [-0.2, -0.15) is 0 Å². The SMILES string of the molecule is CCc1cccc(C(=O)c2cnccn2)c1CC. The molecule has 92 valence electrons. The smallest absolute Gasteiger partial charge is 0.213 e. The second kappa shape index (κ2) is 5.54. The normalized spacial score (nSPS) is 10.3. The summed E-state index contributed by atoms with van der Waals surface area (Å²) in [4.78, 5) is 20.4. The summed E-state index contributed by atoms with van der Waals surface area (Å²) in [5.41, 5.74) is 3.50. The highest BCUT2D eigenvalue weighted by Gasteiger charge is 2.15. The average Bonchev–Trinajstić information content (AvgIpc) is 2.46. The Morgan fingerprint density at radius 1 is 1.17 bits per heavy atom. The zero-order valence-electron chi connectivity index (χ0n) is 10.7. The molecular weight excluding hydrogens is 224 g/mol.